The normalized spacial score (nSPS) is 13.5. The summed E-state index contributed by atoms with van der Waals surface area (Å²) in [5, 5.41) is 38.3. The first-order chi connectivity index (χ1) is 19.0. The van der Waals surface area contributed by atoms with Crippen LogP contribution in [-0.2, 0) is 15.2 Å². The molecule has 1 aliphatic rings. The SMILES string of the molecule is CCC(CC)Nc1c([N+](=O)[O-])cc(C)c(C)c1[N+](=O)[O-].O=C(O)C1=NOC(c2ccccc2)(c2ccccc2)C1. The molecule has 0 fully saturated rings. The maximum Gasteiger partial charge on any atom is 0.353 e. The lowest BCUT2D eigenvalue weighted by Crippen LogP contribution is -2.29. The molecule has 0 aromatic heterocycles. The summed E-state index contributed by atoms with van der Waals surface area (Å²) in [6.45, 7) is 7.10. The highest BCUT2D eigenvalue weighted by atomic mass is 16.7. The second-order valence-electron chi connectivity index (χ2n) is 9.40. The summed E-state index contributed by atoms with van der Waals surface area (Å²) in [7, 11) is 0. The molecule has 0 radical (unpaired) electrons. The van der Waals surface area contributed by atoms with E-state index >= 15 is 0 Å². The third kappa shape index (κ3) is 6.25. The number of carboxylic acids is 1. The zero-order chi connectivity index (χ0) is 29.4. The average molecular weight is 549 g/mol. The monoisotopic (exact) mass is 548 g/mol. The average Bonchev–Trinajstić information content (AvgIpc) is 3.42. The van der Waals surface area contributed by atoms with E-state index in [9.17, 15) is 25.0 Å². The zero-order valence-electron chi connectivity index (χ0n) is 22.8. The maximum atomic E-state index is 11.3. The third-order valence-electron chi connectivity index (χ3n) is 6.96. The molecule has 0 saturated heterocycles. The highest BCUT2D eigenvalue weighted by Crippen LogP contribution is 2.41. The first-order valence-corrected chi connectivity index (χ1v) is 12.8. The van der Waals surface area contributed by atoms with E-state index in [-0.39, 0.29) is 35.2 Å². The Balaban J connectivity index is 0.000000220. The fraction of sp³-hybridized carbons (Fsp3) is 0.310. The van der Waals surface area contributed by atoms with Crippen LogP contribution in [0, 0.1) is 34.1 Å². The molecule has 0 spiro atoms. The van der Waals surface area contributed by atoms with Crippen molar-refractivity contribution in [3.63, 3.8) is 0 Å². The van der Waals surface area contributed by atoms with Gasteiger partial charge in [0.15, 0.2) is 17.0 Å². The summed E-state index contributed by atoms with van der Waals surface area (Å²) in [6, 6.07) is 20.5. The van der Waals surface area contributed by atoms with Gasteiger partial charge in [-0.15, -0.1) is 0 Å². The summed E-state index contributed by atoms with van der Waals surface area (Å²) >= 11 is 0. The van der Waals surface area contributed by atoms with Crippen LogP contribution in [0.25, 0.3) is 0 Å². The minimum Gasteiger partial charge on any atom is -0.477 e. The Morgan fingerprint density at radius 3 is 1.93 bits per heavy atom. The molecule has 1 heterocycles. The molecular formula is C29H32N4O7. The van der Waals surface area contributed by atoms with Gasteiger partial charge in [-0.3, -0.25) is 20.2 Å². The van der Waals surface area contributed by atoms with Gasteiger partial charge in [-0.05, 0) is 32.3 Å². The standard InChI is InChI=1S/C16H13NO3.C13H19N3O4/c18-15(19)14-11-16(20-17-14,12-7-3-1-4-8-12)13-9-5-2-6-10-13;1-5-10(6-2)14-12-11(15(17)18)7-8(3)9(4)13(12)16(19)20/h1-10H,11H2,(H,18,19);7,10,14H,5-6H2,1-4H3. The summed E-state index contributed by atoms with van der Waals surface area (Å²) in [6.07, 6.45) is 1.69. The lowest BCUT2D eigenvalue weighted by Gasteiger charge is -2.27. The van der Waals surface area contributed by atoms with E-state index in [1.54, 1.807) is 13.8 Å². The van der Waals surface area contributed by atoms with Gasteiger partial charge in [0.05, 0.1) is 16.3 Å². The third-order valence-corrected chi connectivity index (χ3v) is 6.96. The van der Waals surface area contributed by atoms with Crippen molar-refractivity contribution < 1.29 is 24.6 Å². The fourth-order valence-corrected chi connectivity index (χ4v) is 4.53. The van der Waals surface area contributed by atoms with Gasteiger partial charge in [-0.1, -0.05) is 79.7 Å². The molecule has 0 atom stereocenters. The molecule has 2 N–H and O–H groups in total. The van der Waals surface area contributed by atoms with Crippen LogP contribution < -0.4 is 5.32 Å². The molecule has 0 amide bonds. The number of nitrogens with zero attached hydrogens (tertiary/aromatic N) is 3. The largest absolute Gasteiger partial charge is 0.477 e. The summed E-state index contributed by atoms with van der Waals surface area (Å²) in [4.78, 5) is 38.0. The molecule has 0 unspecified atom stereocenters. The number of benzene rings is 3. The number of aliphatic carboxylic acids is 1. The van der Waals surface area contributed by atoms with E-state index in [2.05, 4.69) is 10.5 Å². The van der Waals surface area contributed by atoms with Gasteiger partial charge in [0.25, 0.3) is 5.69 Å². The summed E-state index contributed by atoms with van der Waals surface area (Å²) < 4.78 is 0. The molecule has 3 aromatic rings. The highest BCUT2D eigenvalue weighted by Gasteiger charge is 2.44. The minimum atomic E-state index is -1.04. The highest BCUT2D eigenvalue weighted by molar-refractivity contribution is 6.36. The molecule has 0 aliphatic carbocycles. The van der Waals surface area contributed by atoms with Gasteiger partial charge in [0.1, 0.15) is 0 Å². The molecule has 40 heavy (non-hydrogen) atoms. The first-order valence-electron chi connectivity index (χ1n) is 12.8. The van der Waals surface area contributed by atoms with Gasteiger partial charge in [-0.25, -0.2) is 4.79 Å². The molecule has 3 aromatic carbocycles. The number of rotatable bonds is 9. The van der Waals surface area contributed by atoms with Crippen LogP contribution in [-0.4, -0.2) is 32.7 Å². The maximum absolute atomic E-state index is 11.3. The molecule has 210 valence electrons. The van der Waals surface area contributed by atoms with Crippen molar-refractivity contribution in [2.75, 3.05) is 5.32 Å². The molecule has 0 bridgehead atoms. The number of hydrogen-bond donors (Lipinski definition) is 2. The van der Waals surface area contributed by atoms with Gasteiger partial charge < -0.3 is 15.3 Å². The van der Waals surface area contributed by atoms with E-state index < -0.39 is 21.4 Å². The van der Waals surface area contributed by atoms with Crippen molar-refractivity contribution in [3.8, 4) is 0 Å². The number of aryl methyl sites for hydroxylation is 1. The summed E-state index contributed by atoms with van der Waals surface area (Å²) in [5.41, 5.74) is 1.53. The van der Waals surface area contributed by atoms with Gasteiger partial charge >= 0.3 is 11.7 Å². The Morgan fingerprint density at radius 1 is 1.00 bits per heavy atom. The van der Waals surface area contributed by atoms with Gasteiger partial charge in [0, 0.05) is 28.8 Å². The Labute approximate surface area is 231 Å². The van der Waals surface area contributed by atoms with E-state index in [4.69, 9.17) is 9.94 Å². The molecule has 11 heteroatoms. The quantitative estimate of drug-likeness (QED) is 0.226. The number of nitro groups is 2. The van der Waals surface area contributed by atoms with Crippen molar-refractivity contribution in [3.05, 3.63) is 109 Å². The fourth-order valence-electron chi connectivity index (χ4n) is 4.53. The summed E-state index contributed by atoms with van der Waals surface area (Å²) in [5.74, 6) is -1.04. The molecule has 11 nitrogen and oxygen atoms in total. The number of oxime groups is 1. The van der Waals surface area contributed by atoms with Gasteiger partial charge in [-0.2, -0.15) is 0 Å². The van der Waals surface area contributed by atoms with Crippen molar-refractivity contribution in [1.29, 1.82) is 0 Å². The smallest absolute Gasteiger partial charge is 0.353 e. The van der Waals surface area contributed by atoms with Crippen LogP contribution in [0.1, 0.15) is 55.4 Å². The molecule has 4 rings (SSSR count). The Hall–Kier alpha value is -4.80. The number of nitro benzene ring substituents is 2. The van der Waals surface area contributed by atoms with E-state index in [0.717, 1.165) is 24.0 Å². The Morgan fingerprint density at radius 2 is 1.52 bits per heavy atom. The number of carbonyl (C=O) groups is 1. The number of carboxylic acid groups (broad SMARTS) is 1. The van der Waals surface area contributed by atoms with Crippen LogP contribution >= 0.6 is 0 Å². The van der Waals surface area contributed by atoms with E-state index in [1.165, 1.54) is 6.07 Å². The second kappa shape index (κ2) is 12.8. The second-order valence-corrected chi connectivity index (χ2v) is 9.40. The molecule has 1 aliphatic heterocycles. The van der Waals surface area contributed by atoms with Crippen LogP contribution in [0.2, 0.25) is 0 Å². The number of anilines is 1. The number of hydrogen-bond acceptors (Lipinski definition) is 8. The van der Waals surface area contributed by atoms with Crippen LogP contribution in [0.15, 0.2) is 71.9 Å². The molecular weight excluding hydrogens is 516 g/mol. The topological polar surface area (TPSA) is 157 Å². The molecule has 0 saturated carbocycles. The van der Waals surface area contributed by atoms with E-state index in [1.807, 2.05) is 74.5 Å². The van der Waals surface area contributed by atoms with Crippen LogP contribution in [0.5, 0.6) is 0 Å². The van der Waals surface area contributed by atoms with Crippen molar-refractivity contribution in [2.24, 2.45) is 5.16 Å². The number of nitrogens with one attached hydrogen (secondary N) is 1. The van der Waals surface area contributed by atoms with E-state index in [0.29, 0.717) is 11.1 Å². The minimum absolute atomic E-state index is 0.0109. The Bertz CT molecular complexity index is 1370. The predicted molar refractivity (Wildman–Crippen MR) is 152 cm³/mol. The lowest BCUT2D eigenvalue weighted by atomic mass is 9.82. The Kier molecular flexibility index (Phi) is 9.54. The lowest BCUT2D eigenvalue weighted by molar-refractivity contribution is -0.392. The zero-order valence-corrected chi connectivity index (χ0v) is 22.8. The van der Waals surface area contributed by atoms with Crippen LogP contribution in [0.3, 0.4) is 0 Å². The van der Waals surface area contributed by atoms with Crippen molar-refractivity contribution in [2.45, 2.75) is 58.6 Å². The van der Waals surface area contributed by atoms with Gasteiger partial charge in [0.2, 0.25) is 0 Å². The predicted octanol–water partition coefficient (Wildman–Crippen LogP) is 6.51. The van der Waals surface area contributed by atoms with Crippen molar-refractivity contribution in [1.82, 2.24) is 0 Å². The van der Waals surface area contributed by atoms with Crippen molar-refractivity contribution >= 4 is 28.7 Å². The first kappa shape index (κ1) is 29.8. The van der Waals surface area contributed by atoms with Crippen LogP contribution in [0.4, 0.5) is 17.1 Å².